The van der Waals surface area contributed by atoms with Crippen molar-refractivity contribution >= 4 is 28.3 Å². The lowest BCUT2D eigenvalue weighted by atomic mass is 10.1. The van der Waals surface area contributed by atoms with Crippen LogP contribution in [-0.4, -0.2) is 26.8 Å². The second-order valence-electron chi connectivity index (χ2n) is 7.87. The maximum absolute atomic E-state index is 13.2. The molecular weight excluding hydrogens is 424 g/mol. The number of hydrogen-bond donors (Lipinski definition) is 1. The van der Waals surface area contributed by atoms with Crippen LogP contribution in [0.4, 0.5) is 0 Å². The summed E-state index contributed by atoms with van der Waals surface area (Å²) in [6, 6.07) is 16.5. The number of halogens is 1. The monoisotopic (exact) mass is 448 g/mol. The SMILES string of the molecule is Cc1c2cnn(-c3ccccc3)c(=O)c2c(C)n1C(C)C(=O)NCCc1ccc(Cl)cc1. The Balaban J connectivity index is 1.59. The van der Waals surface area contributed by atoms with Gasteiger partial charge in [-0.2, -0.15) is 9.78 Å². The molecule has 6 nitrogen and oxygen atoms in total. The second-order valence-corrected chi connectivity index (χ2v) is 8.31. The highest BCUT2D eigenvalue weighted by atomic mass is 35.5. The van der Waals surface area contributed by atoms with Crippen LogP contribution in [0.5, 0.6) is 0 Å². The average Bonchev–Trinajstić information content (AvgIpc) is 3.06. The van der Waals surface area contributed by atoms with Crippen LogP contribution in [0.25, 0.3) is 16.5 Å². The maximum Gasteiger partial charge on any atom is 0.281 e. The number of fused-ring (bicyclic) bond motifs is 1. The molecule has 0 spiro atoms. The maximum atomic E-state index is 13.2. The minimum atomic E-state index is -0.461. The van der Waals surface area contributed by atoms with Crippen LogP contribution in [-0.2, 0) is 11.2 Å². The van der Waals surface area contributed by atoms with Crippen molar-refractivity contribution in [1.29, 1.82) is 0 Å². The number of aryl methyl sites for hydroxylation is 2. The summed E-state index contributed by atoms with van der Waals surface area (Å²) in [5.41, 5.74) is 3.23. The molecule has 4 aromatic rings. The molecule has 0 aliphatic heterocycles. The molecule has 1 amide bonds. The van der Waals surface area contributed by atoms with Gasteiger partial charge in [0.2, 0.25) is 5.91 Å². The Hall–Kier alpha value is -3.38. The first-order valence-corrected chi connectivity index (χ1v) is 10.9. The second kappa shape index (κ2) is 9.01. The molecule has 1 N–H and O–H groups in total. The highest BCUT2D eigenvalue weighted by Gasteiger charge is 2.23. The standard InChI is InChI=1S/C25H25ClN4O2/c1-16-22-15-28-30(21-7-5-4-6-8-21)25(32)23(22)17(2)29(16)18(3)24(31)27-14-13-19-9-11-20(26)12-10-19/h4-12,15,18H,13-14H2,1-3H3,(H,27,31). The van der Waals surface area contributed by atoms with Crippen LogP contribution < -0.4 is 10.9 Å². The molecule has 4 rings (SSSR count). The van der Waals surface area contributed by atoms with E-state index in [9.17, 15) is 9.59 Å². The van der Waals surface area contributed by atoms with Gasteiger partial charge in [-0.3, -0.25) is 9.59 Å². The van der Waals surface area contributed by atoms with Crippen molar-refractivity contribution in [2.75, 3.05) is 6.54 Å². The predicted molar refractivity (Wildman–Crippen MR) is 128 cm³/mol. The van der Waals surface area contributed by atoms with E-state index < -0.39 is 6.04 Å². The summed E-state index contributed by atoms with van der Waals surface area (Å²) < 4.78 is 3.32. The number of benzene rings is 2. The Bertz CT molecular complexity index is 1320. The Morgan fingerprint density at radius 1 is 1.06 bits per heavy atom. The fraction of sp³-hybridized carbons (Fsp3) is 0.240. The van der Waals surface area contributed by atoms with Gasteiger partial charge in [-0.25, -0.2) is 0 Å². The number of para-hydroxylation sites is 1. The average molecular weight is 449 g/mol. The molecule has 0 aliphatic carbocycles. The molecule has 0 bridgehead atoms. The normalized spacial score (nSPS) is 12.1. The summed E-state index contributed by atoms with van der Waals surface area (Å²) in [5.74, 6) is -0.0955. The Morgan fingerprint density at radius 3 is 2.44 bits per heavy atom. The van der Waals surface area contributed by atoms with Crippen molar-refractivity contribution in [2.45, 2.75) is 33.2 Å². The molecule has 0 radical (unpaired) electrons. The number of nitrogens with one attached hydrogen (secondary N) is 1. The van der Waals surface area contributed by atoms with Gasteiger partial charge in [0.1, 0.15) is 6.04 Å². The summed E-state index contributed by atoms with van der Waals surface area (Å²) in [4.78, 5) is 26.1. The van der Waals surface area contributed by atoms with Crippen LogP contribution >= 0.6 is 11.6 Å². The summed E-state index contributed by atoms with van der Waals surface area (Å²) in [6.45, 7) is 6.16. The topological polar surface area (TPSA) is 68.9 Å². The van der Waals surface area contributed by atoms with Crippen LogP contribution in [0.1, 0.15) is 29.9 Å². The molecule has 2 heterocycles. The largest absolute Gasteiger partial charge is 0.354 e. The third-order valence-corrected chi connectivity index (χ3v) is 6.10. The lowest BCUT2D eigenvalue weighted by Gasteiger charge is -2.18. The van der Waals surface area contributed by atoms with Gasteiger partial charge in [0.15, 0.2) is 0 Å². The number of nitrogens with zero attached hydrogens (tertiary/aromatic N) is 3. The van der Waals surface area contributed by atoms with Gasteiger partial charge in [0.05, 0.1) is 17.3 Å². The third-order valence-electron chi connectivity index (χ3n) is 5.85. The quantitative estimate of drug-likeness (QED) is 0.476. The van der Waals surface area contributed by atoms with E-state index in [1.807, 2.05) is 79.9 Å². The zero-order valence-electron chi connectivity index (χ0n) is 18.3. The van der Waals surface area contributed by atoms with E-state index in [0.717, 1.165) is 22.3 Å². The van der Waals surface area contributed by atoms with E-state index in [1.54, 1.807) is 6.20 Å². The van der Waals surface area contributed by atoms with Crippen molar-refractivity contribution in [2.24, 2.45) is 0 Å². The molecule has 164 valence electrons. The zero-order valence-corrected chi connectivity index (χ0v) is 19.1. The van der Waals surface area contributed by atoms with E-state index in [4.69, 9.17) is 11.6 Å². The molecular formula is C25H25ClN4O2. The molecule has 1 unspecified atom stereocenters. The van der Waals surface area contributed by atoms with Gasteiger partial charge in [-0.05, 0) is 57.0 Å². The number of amides is 1. The lowest BCUT2D eigenvalue weighted by molar-refractivity contribution is -0.123. The molecule has 0 saturated carbocycles. The lowest BCUT2D eigenvalue weighted by Crippen LogP contribution is -2.33. The van der Waals surface area contributed by atoms with Crippen LogP contribution in [0.15, 0.2) is 65.6 Å². The van der Waals surface area contributed by atoms with Gasteiger partial charge >= 0.3 is 0 Å². The van der Waals surface area contributed by atoms with Crippen molar-refractivity contribution in [1.82, 2.24) is 19.7 Å². The molecule has 0 saturated heterocycles. The first-order chi connectivity index (χ1) is 15.4. The molecule has 0 fully saturated rings. The minimum absolute atomic E-state index is 0.0955. The number of carbonyl (C=O) groups excluding carboxylic acids is 1. The van der Waals surface area contributed by atoms with E-state index in [0.29, 0.717) is 29.1 Å². The van der Waals surface area contributed by atoms with Gasteiger partial charge < -0.3 is 9.88 Å². The van der Waals surface area contributed by atoms with Crippen LogP contribution in [0, 0.1) is 13.8 Å². The van der Waals surface area contributed by atoms with Gasteiger partial charge in [0, 0.05) is 28.3 Å². The fourth-order valence-corrected chi connectivity index (χ4v) is 4.29. The summed E-state index contributed by atoms with van der Waals surface area (Å²) >= 11 is 5.92. The highest BCUT2D eigenvalue weighted by molar-refractivity contribution is 6.30. The van der Waals surface area contributed by atoms with E-state index in [-0.39, 0.29) is 11.5 Å². The third kappa shape index (κ3) is 4.06. The molecule has 1 atom stereocenters. The fourth-order valence-electron chi connectivity index (χ4n) is 4.16. The zero-order chi connectivity index (χ0) is 22.8. The molecule has 7 heteroatoms. The van der Waals surface area contributed by atoms with Gasteiger partial charge in [-0.15, -0.1) is 0 Å². The van der Waals surface area contributed by atoms with Crippen molar-refractivity contribution in [3.05, 3.63) is 93.1 Å². The van der Waals surface area contributed by atoms with E-state index >= 15 is 0 Å². The molecule has 0 aliphatic rings. The first kappa shape index (κ1) is 21.8. The summed E-state index contributed by atoms with van der Waals surface area (Å²) in [7, 11) is 0. The molecule has 32 heavy (non-hydrogen) atoms. The van der Waals surface area contributed by atoms with Crippen molar-refractivity contribution in [3.8, 4) is 5.69 Å². The Kier molecular flexibility index (Phi) is 6.15. The minimum Gasteiger partial charge on any atom is -0.354 e. The number of hydrogen-bond acceptors (Lipinski definition) is 3. The van der Waals surface area contributed by atoms with Crippen LogP contribution in [0.3, 0.4) is 0 Å². The summed E-state index contributed by atoms with van der Waals surface area (Å²) in [5, 5.41) is 9.41. The Morgan fingerprint density at radius 2 is 1.75 bits per heavy atom. The number of carbonyl (C=O) groups is 1. The Labute approximate surface area is 191 Å². The van der Waals surface area contributed by atoms with Gasteiger partial charge in [-0.1, -0.05) is 41.9 Å². The summed E-state index contributed by atoms with van der Waals surface area (Å²) in [6.07, 6.45) is 2.42. The molecule has 2 aromatic carbocycles. The van der Waals surface area contributed by atoms with Gasteiger partial charge in [0.25, 0.3) is 5.56 Å². The predicted octanol–water partition coefficient (Wildman–Crippen LogP) is 4.38. The van der Waals surface area contributed by atoms with Crippen LogP contribution in [0.2, 0.25) is 5.02 Å². The first-order valence-electron chi connectivity index (χ1n) is 10.6. The van der Waals surface area contributed by atoms with Crippen molar-refractivity contribution < 1.29 is 4.79 Å². The highest BCUT2D eigenvalue weighted by Crippen LogP contribution is 2.26. The number of rotatable bonds is 6. The van der Waals surface area contributed by atoms with Crippen molar-refractivity contribution in [3.63, 3.8) is 0 Å². The van der Waals surface area contributed by atoms with E-state index in [2.05, 4.69) is 10.4 Å². The smallest absolute Gasteiger partial charge is 0.281 e. The van der Waals surface area contributed by atoms with E-state index in [1.165, 1.54) is 4.68 Å². The number of aromatic nitrogens is 3. The molecule has 2 aromatic heterocycles.